The highest BCUT2D eigenvalue weighted by Gasteiger charge is 2.09. The van der Waals surface area contributed by atoms with Crippen molar-refractivity contribution >= 4 is 53.1 Å². The van der Waals surface area contributed by atoms with Gasteiger partial charge in [0.1, 0.15) is 16.8 Å². The van der Waals surface area contributed by atoms with Crippen LogP contribution in [0, 0.1) is 6.92 Å². The van der Waals surface area contributed by atoms with E-state index in [2.05, 4.69) is 25.6 Å². The molecule has 2 N–H and O–H groups in total. The van der Waals surface area contributed by atoms with Crippen molar-refractivity contribution in [1.82, 2.24) is 29.7 Å². The molecular weight excluding hydrogens is 512 g/mol. The first-order valence-corrected chi connectivity index (χ1v) is 9.14. The third-order valence-electron chi connectivity index (χ3n) is 4.22. The number of hydrogen-bond acceptors (Lipinski definition) is 3. The number of guanidine groups is 1. The molecule has 0 aliphatic carbocycles. The van der Waals surface area contributed by atoms with Crippen LogP contribution in [0.2, 0.25) is 10.2 Å². The van der Waals surface area contributed by atoms with Gasteiger partial charge in [0.05, 0.1) is 11.6 Å². The van der Waals surface area contributed by atoms with Crippen molar-refractivity contribution in [3.05, 3.63) is 64.0 Å². The molecule has 0 aliphatic heterocycles. The van der Waals surface area contributed by atoms with Gasteiger partial charge in [-0.05, 0) is 24.6 Å². The monoisotopic (exact) mass is 533 g/mol. The summed E-state index contributed by atoms with van der Waals surface area (Å²) in [7, 11) is 3.60. The zero-order chi connectivity index (χ0) is 19.4. The van der Waals surface area contributed by atoms with Gasteiger partial charge in [-0.15, -0.1) is 24.0 Å². The maximum Gasteiger partial charge on any atom is 0.191 e. The quantitative estimate of drug-likeness (QED) is 0.298. The third-order valence-corrected chi connectivity index (χ3v) is 5.06. The predicted molar refractivity (Wildman–Crippen MR) is 124 cm³/mol. The Morgan fingerprint density at radius 3 is 2.46 bits per heavy atom. The molecule has 0 saturated carbocycles. The van der Waals surface area contributed by atoms with Gasteiger partial charge in [0.2, 0.25) is 0 Å². The van der Waals surface area contributed by atoms with Crippen molar-refractivity contribution in [2.24, 2.45) is 12.0 Å². The summed E-state index contributed by atoms with van der Waals surface area (Å²) in [6, 6.07) is 5.83. The second-order valence-corrected chi connectivity index (χ2v) is 6.75. The molecule has 7 nitrogen and oxygen atoms in total. The van der Waals surface area contributed by atoms with Crippen molar-refractivity contribution in [2.45, 2.75) is 20.0 Å². The lowest BCUT2D eigenvalue weighted by atomic mass is 10.3. The van der Waals surface area contributed by atoms with Gasteiger partial charge >= 0.3 is 0 Å². The fraction of sp³-hybridized carbons (Fsp3) is 0.278. The molecule has 0 bridgehead atoms. The highest BCUT2D eigenvalue weighted by molar-refractivity contribution is 14.0. The predicted octanol–water partition coefficient (Wildman–Crippen LogP) is 3.70. The minimum atomic E-state index is 0. The minimum Gasteiger partial charge on any atom is -0.352 e. The lowest BCUT2D eigenvalue weighted by Gasteiger charge is -2.13. The Labute approximate surface area is 191 Å². The number of aryl methyl sites for hydroxylation is 1. The lowest BCUT2D eigenvalue weighted by molar-refractivity contribution is 0.749. The normalized spacial score (nSPS) is 11.2. The zero-order valence-corrected chi connectivity index (χ0v) is 19.6. The Bertz CT molecular complexity index is 948. The average molecular weight is 534 g/mol. The van der Waals surface area contributed by atoms with E-state index in [-0.39, 0.29) is 24.0 Å². The average Bonchev–Trinajstić information content (AvgIpc) is 3.21. The Kier molecular flexibility index (Phi) is 8.14. The summed E-state index contributed by atoms with van der Waals surface area (Å²) in [5.41, 5.74) is 2.01. The number of pyridine rings is 1. The van der Waals surface area contributed by atoms with Gasteiger partial charge in [-0.1, -0.05) is 29.3 Å². The van der Waals surface area contributed by atoms with Gasteiger partial charge < -0.3 is 15.2 Å². The molecule has 0 atom stereocenters. The molecule has 0 fully saturated rings. The summed E-state index contributed by atoms with van der Waals surface area (Å²) in [5.74, 6) is 2.42. The Hall–Kier alpha value is -1.78. The van der Waals surface area contributed by atoms with Crippen molar-refractivity contribution < 1.29 is 0 Å². The van der Waals surface area contributed by atoms with E-state index in [0.717, 1.165) is 22.9 Å². The van der Waals surface area contributed by atoms with E-state index in [1.807, 2.05) is 53.7 Å². The summed E-state index contributed by atoms with van der Waals surface area (Å²) in [6.45, 7) is 3.10. The number of nitrogens with one attached hydrogen (secondary N) is 2. The molecule has 0 aliphatic rings. The molecule has 28 heavy (non-hydrogen) atoms. The van der Waals surface area contributed by atoms with Gasteiger partial charge in [0.25, 0.3) is 0 Å². The van der Waals surface area contributed by atoms with Gasteiger partial charge in [-0.3, -0.25) is 9.56 Å². The molecule has 10 heteroatoms. The molecule has 150 valence electrons. The SMILES string of the molecule is CN=C(NCc1ccc(-n2ccnc2C)nc1)NCc1cc(Cl)c(Cl)n1C.I. The molecule has 3 heterocycles. The van der Waals surface area contributed by atoms with Crippen LogP contribution < -0.4 is 10.6 Å². The molecule has 0 amide bonds. The number of nitrogens with zero attached hydrogens (tertiary/aromatic N) is 5. The fourth-order valence-electron chi connectivity index (χ4n) is 2.62. The number of hydrogen-bond donors (Lipinski definition) is 2. The summed E-state index contributed by atoms with van der Waals surface area (Å²) in [5, 5.41) is 7.58. The molecule has 0 saturated heterocycles. The second-order valence-electron chi connectivity index (χ2n) is 5.98. The first-order chi connectivity index (χ1) is 13.0. The van der Waals surface area contributed by atoms with Crippen molar-refractivity contribution in [3.8, 4) is 5.82 Å². The van der Waals surface area contributed by atoms with Gasteiger partial charge in [0.15, 0.2) is 5.96 Å². The molecule has 3 aromatic heterocycles. The summed E-state index contributed by atoms with van der Waals surface area (Å²) < 4.78 is 3.78. The van der Waals surface area contributed by atoms with Crippen LogP contribution in [0.1, 0.15) is 17.1 Å². The number of imidazole rings is 1. The van der Waals surface area contributed by atoms with E-state index >= 15 is 0 Å². The van der Waals surface area contributed by atoms with Crippen LogP contribution in [0.25, 0.3) is 5.82 Å². The Morgan fingerprint density at radius 2 is 1.93 bits per heavy atom. The van der Waals surface area contributed by atoms with E-state index < -0.39 is 0 Å². The summed E-state index contributed by atoms with van der Waals surface area (Å²) >= 11 is 12.1. The second kappa shape index (κ2) is 10.1. The van der Waals surface area contributed by atoms with E-state index in [4.69, 9.17) is 23.2 Å². The molecule has 3 rings (SSSR count). The number of rotatable bonds is 5. The van der Waals surface area contributed by atoms with E-state index in [1.165, 1.54) is 0 Å². The maximum absolute atomic E-state index is 6.09. The van der Waals surface area contributed by atoms with Crippen molar-refractivity contribution in [3.63, 3.8) is 0 Å². The first-order valence-electron chi connectivity index (χ1n) is 8.39. The van der Waals surface area contributed by atoms with Gasteiger partial charge in [0, 0.05) is 44.9 Å². The minimum absolute atomic E-state index is 0. The molecule has 3 aromatic rings. The highest BCUT2D eigenvalue weighted by Crippen LogP contribution is 2.24. The topological polar surface area (TPSA) is 72.1 Å². The van der Waals surface area contributed by atoms with Crippen LogP contribution in [0.3, 0.4) is 0 Å². The molecule has 0 unspecified atom stereocenters. The number of halogens is 3. The van der Waals surface area contributed by atoms with Crippen LogP contribution in [0.5, 0.6) is 0 Å². The number of aromatic nitrogens is 4. The van der Waals surface area contributed by atoms with Gasteiger partial charge in [-0.2, -0.15) is 0 Å². The smallest absolute Gasteiger partial charge is 0.191 e. The third kappa shape index (κ3) is 5.18. The molecular formula is C18H22Cl2IN7. The molecule has 0 spiro atoms. The first kappa shape index (κ1) is 22.5. The maximum atomic E-state index is 6.09. The number of aliphatic imine (C=N–C) groups is 1. The van der Waals surface area contributed by atoms with E-state index in [1.54, 1.807) is 13.2 Å². The van der Waals surface area contributed by atoms with Crippen molar-refractivity contribution in [1.29, 1.82) is 0 Å². The van der Waals surface area contributed by atoms with Gasteiger partial charge in [-0.25, -0.2) is 9.97 Å². The van der Waals surface area contributed by atoms with Crippen molar-refractivity contribution in [2.75, 3.05) is 7.05 Å². The van der Waals surface area contributed by atoms with Crippen LogP contribution in [0.15, 0.2) is 41.8 Å². The summed E-state index contributed by atoms with van der Waals surface area (Å²) in [4.78, 5) is 12.9. The molecule has 0 aromatic carbocycles. The zero-order valence-electron chi connectivity index (χ0n) is 15.8. The Morgan fingerprint density at radius 1 is 1.18 bits per heavy atom. The summed E-state index contributed by atoms with van der Waals surface area (Å²) in [6.07, 6.45) is 5.49. The van der Waals surface area contributed by atoms with E-state index in [0.29, 0.717) is 29.2 Å². The highest BCUT2D eigenvalue weighted by atomic mass is 127. The van der Waals surface area contributed by atoms with Crippen LogP contribution >= 0.6 is 47.2 Å². The lowest BCUT2D eigenvalue weighted by Crippen LogP contribution is -2.36. The Balaban J connectivity index is 0.00000280. The van der Waals surface area contributed by atoms with Crippen LogP contribution in [-0.4, -0.2) is 32.1 Å². The molecule has 0 radical (unpaired) electrons. The standard InChI is InChI=1S/C18H21Cl2N7.HI/c1-12-22-6-7-27(12)16-5-4-13(9-23-16)10-24-18(21-2)25-11-14-8-15(19)17(20)26(14)3;/h4-9H,10-11H2,1-3H3,(H2,21,24,25);1H. The van der Waals surface area contributed by atoms with Crippen LogP contribution in [-0.2, 0) is 20.1 Å². The largest absolute Gasteiger partial charge is 0.352 e. The fourth-order valence-corrected chi connectivity index (χ4v) is 3.04. The van der Waals surface area contributed by atoms with E-state index in [9.17, 15) is 0 Å². The van der Waals surface area contributed by atoms with Crippen LogP contribution in [0.4, 0.5) is 0 Å².